The van der Waals surface area contributed by atoms with Crippen LogP contribution in [0, 0.1) is 0 Å². The van der Waals surface area contributed by atoms with Crippen LogP contribution >= 0.6 is 15.9 Å². The van der Waals surface area contributed by atoms with Gasteiger partial charge in [-0.2, -0.15) is 0 Å². The number of allylic oxidation sites excluding steroid dienone is 1. The zero-order valence-electron chi connectivity index (χ0n) is 21.9. The molecule has 4 amide bonds. The van der Waals surface area contributed by atoms with Crippen molar-refractivity contribution in [2.45, 2.75) is 26.4 Å². The Morgan fingerprint density at radius 2 is 1.65 bits per heavy atom. The number of amides is 4. The second-order valence-corrected chi connectivity index (χ2v) is 10.3. The number of rotatable bonds is 8. The first kappa shape index (κ1) is 27.1. The standard InChI is InChI=1S/C33H27BrN2O4/c1-3-7-26-17-23(19-29(34)30(26)40-20-22-10-13-24-8-5-6-9-25(24)16-22)18-28-31(37)35-33(39)36(32(28)38)27-14-11-21(4-2)12-15-27/h3,5-6,8-19H,1,4,7,20H2,2H3,(H,35,37,39)/b28-18-. The molecule has 5 rings (SSSR count). The van der Waals surface area contributed by atoms with E-state index in [4.69, 9.17) is 4.74 Å². The zero-order valence-corrected chi connectivity index (χ0v) is 23.5. The van der Waals surface area contributed by atoms with Crippen molar-refractivity contribution in [2.24, 2.45) is 0 Å². The summed E-state index contributed by atoms with van der Waals surface area (Å²) in [4.78, 5) is 39.6. The number of aryl methyl sites for hydroxylation is 1. The van der Waals surface area contributed by atoms with E-state index in [9.17, 15) is 14.4 Å². The van der Waals surface area contributed by atoms with Crippen LogP contribution in [0.3, 0.4) is 0 Å². The van der Waals surface area contributed by atoms with Crippen LogP contribution in [-0.2, 0) is 29.0 Å². The fourth-order valence-electron chi connectivity index (χ4n) is 4.65. The molecule has 6 nitrogen and oxygen atoms in total. The van der Waals surface area contributed by atoms with Gasteiger partial charge in [0.1, 0.15) is 17.9 Å². The van der Waals surface area contributed by atoms with Crippen molar-refractivity contribution in [2.75, 3.05) is 4.90 Å². The van der Waals surface area contributed by atoms with Gasteiger partial charge < -0.3 is 4.74 Å². The third-order valence-corrected chi connectivity index (χ3v) is 7.31. The summed E-state index contributed by atoms with van der Waals surface area (Å²) in [5.41, 5.74) is 3.80. The van der Waals surface area contributed by atoms with Crippen LogP contribution < -0.4 is 15.0 Å². The Hall–Kier alpha value is -4.49. The largest absolute Gasteiger partial charge is 0.487 e. The SMILES string of the molecule is C=CCc1cc(/C=C2/C(=O)NC(=O)N(c3ccc(CC)cc3)C2=O)cc(Br)c1OCc1ccc2ccccc2c1. The highest BCUT2D eigenvalue weighted by atomic mass is 79.9. The van der Waals surface area contributed by atoms with Gasteiger partial charge in [-0.25, -0.2) is 9.69 Å². The molecule has 0 aliphatic carbocycles. The summed E-state index contributed by atoms with van der Waals surface area (Å²) in [5.74, 6) is -0.770. The molecule has 0 unspecified atom stereocenters. The molecule has 0 bridgehead atoms. The number of anilines is 1. The van der Waals surface area contributed by atoms with Crippen molar-refractivity contribution in [3.05, 3.63) is 124 Å². The highest BCUT2D eigenvalue weighted by Gasteiger charge is 2.36. The van der Waals surface area contributed by atoms with Gasteiger partial charge in [-0.15, -0.1) is 6.58 Å². The number of imide groups is 2. The maximum Gasteiger partial charge on any atom is 0.335 e. The molecule has 7 heteroatoms. The molecule has 4 aromatic rings. The number of carbonyl (C=O) groups excluding carboxylic acids is 3. The summed E-state index contributed by atoms with van der Waals surface area (Å²) in [7, 11) is 0. The topological polar surface area (TPSA) is 75.7 Å². The van der Waals surface area contributed by atoms with Crippen molar-refractivity contribution < 1.29 is 19.1 Å². The van der Waals surface area contributed by atoms with Crippen molar-refractivity contribution in [1.29, 1.82) is 0 Å². The number of barbiturate groups is 1. The van der Waals surface area contributed by atoms with E-state index in [2.05, 4.69) is 52.1 Å². The number of hydrogen-bond acceptors (Lipinski definition) is 4. The molecule has 40 heavy (non-hydrogen) atoms. The summed E-state index contributed by atoms with van der Waals surface area (Å²) < 4.78 is 6.91. The quantitative estimate of drug-likeness (QED) is 0.134. The lowest BCUT2D eigenvalue weighted by Gasteiger charge is -2.26. The Morgan fingerprint density at radius 3 is 2.38 bits per heavy atom. The van der Waals surface area contributed by atoms with Gasteiger partial charge in [0.15, 0.2) is 0 Å². The molecular weight excluding hydrogens is 568 g/mol. The van der Waals surface area contributed by atoms with Crippen molar-refractivity contribution in [1.82, 2.24) is 5.32 Å². The van der Waals surface area contributed by atoms with Crippen LogP contribution in [0.25, 0.3) is 16.8 Å². The Bertz CT molecular complexity index is 1670. The van der Waals surface area contributed by atoms with Crippen LogP contribution in [0.2, 0.25) is 0 Å². The molecule has 1 saturated heterocycles. The molecule has 0 spiro atoms. The molecule has 0 saturated carbocycles. The van der Waals surface area contributed by atoms with Gasteiger partial charge >= 0.3 is 6.03 Å². The fourth-order valence-corrected chi connectivity index (χ4v) is 5.28. The number of fused-ring (bicyclic) bond motifs is 1. The van der Waals surface area contributed by atoms with Gasteiger partial charge in [0.2, 0.25) is 0 Å². The second-order valence-electron chi connectivity index (χ2n) is 9.43. The van der Waals surface area contributed by atoms with E-state index in [1.54, 1.807) is 24.3 Å². The number of nitrogens with zero attached hydrogens (tertiary/aromatic N) is 1. The highest BCUT2D eigenvalue weighted by Crippen LogP contribution is 2.34. The molecule has 0 atom stereocenters. The number of ether oxygens (including phenoxy) is 1. The molecule has 1 heterocycles. The molecule has 0 aromatic heterocycles. The summed E-state index contributed by atoms with van der Waals surface area (Å²) >= 11 is 3.61. The van der Waals surface area contributed by atoms with Gasteiger partial charge in [0.25, 0.3) is 11.8 Å². The fraction of sp³-hybridized carbons (Fsp3) is 0.121. The van der Waals surface area contributed by atoms with Crippen LogP contribution in [-0.4, -0.2) is 17.8 Å². The van der Waals surface area contributed by atoms with E-state index in [1.165, 1.54) is 6.08 Å². The van der Waals surface area contributed by atoms with Gasteiger partial charge in [0, 0.05) is 0 Å². The van der Waals surface area contributed by atoms with E-state index >= 15 is 0 Å². The molecule has 1 fully saturated rings. The first-order chi connectivity index (χ1) is 19.4. The number of urea groups is 1. The summed E-state index contributed by atoms with van der Waals surface area (Å²) in [6, 6.07) is 24.3. The van der Waals surface area contributed by atoms with Crippen LogP contribution in [0.1, 0.15) is 29.2 Å². The van der Waals surface area contributed by atoms with Crippen molar-refractivity contribution >= 4 is 56.3 Å². The average molecular weight is 595 g/mol. The maximum atomic E-state index is 13.3. The summed E-state index contributed by atoms with van der Waals surface area (Å²) in [6.07, 6.45) is 4.59. The second kappa shape index (κ2) is 11.7. The van der Waals surface area contributed by atoms with Crippen molar-refractivity contribution in [3.63, 3.8) is 0 Å². The molecule has 200 valence electrons. The summed E-state index contributed by atoms with van der Waals surface area (Å²) in [6.45, 7) is 6.25. The van der Waals surface area contributed by atoms with E-state index in [0.717, 1.165) is 38.8 Å². The number of carbonyl (C=O) groups is 3. The van der Waals surface area contributed by atoms with Crippen LogP contribution in [0.5, 0.6) is 5.75 Å². The number of nitrogens with one attached hydrogen (secondary N) is 1. The third kappa shape index (κ3) is 5.60. The molecule has 1 aliphatic heterocycles. The molecule has 4 aromatic carbocycles. The normalized spacial score (nSPS) is 14.5. The van der Waals surface area contributed by atoms with E-state index in [0.29, 0.717) is 34.5 Å². The predicted octanol–water partition coefficient (Wildman–Crippen LogP) is 7.14. The molecule has 1 N–H and O–H groups in total. The van der Waals surface area contributed by atoms with Gasteiger partial charge in [-0.3, -0.25) is 14.9 Å². The van der Waals surface area contributed by atoms with Crippen LogP contribution in [0.4, 0.5) is 10.5 Å². The van der Waals surface area contributed by atoms with Gasteiger partial charge in [-0.1, -0.05) is 61.5 Å². The van der Waals surface area contributed by atoms with E-state index in [1.807, 2.05) is 43.3 Å². The maximum absolute atomic E-state index is 13.3. The van der Waals surface area contributed by atoms with Crippen LogP contribution in [0.15, 0.2) is 102 Å². The predicted molar refractivity (Wildman–Crippen MR) is 161 cm³/mol. The lowest BCUT2D eigenvalue weighted by Crippen LogP contribution is -2.54. The Balaban J connectivity index is 1.43. The smallest absolute Gasteiger partial charge is 0.335 e. The summed E-state index contributed by atoms with van der Waals surface area (Å²) in [5, 5.41) is 4.58. The number of hydrogen-bond donors (Lipinski definition) is 1. The van der Waals surface area contributed by atoms with E-state index in [-0.39, 0.29) is 5.57 Å². The Morgan fingerprint density at radius 1 is 0.925 bits per heavy atom. The first-order valence-electron chi connectivity index (χ1n) is 12.9. The average Bonchev–Trinajstić information content (AvgIpc) is 2.95. The molecule has 1 aliphatic rings. The Labute approximate surface area is 241 Å². The highest BCUT2D eigenvalue weighted by molar-refractivity contribution is 9.10. The number of halogens is 1. The first-order valence-corrected chi connectivity index (χ1v) is 13.7. The number of benzene rings is 4. The minimum Gasteiger partial charge on any atom is -0.487 e. The molecule has 0 radical (unpaired) electrons. The zero-order chi connectivity index (χ0) is 28.2. The Kier molecular flexibility index (Phi) is 7.94. The third-order valence-electron chi connectivity index (χ3n) is 6.72. The van der Waals surface area contributed by atoms with E-state index < -0.39 is 17.8 Å². The lowest BCUT2D eigenvalue weighted by atomic mass is 10.0. The lowest BCUT2D eigenvalue weighted by molar-refractivity contribution is -0.122. The van der Waals surface area contributed by atoms with Crippen molar-refractivity contribution in [3.8, 4) is 5.75 Å². The van der Waals surface area contributed by atoms with Gasteiger partial charge in [0.05, 0.1) is 10.2 Å². The minimum absolute atomic E-state index is 0.138. The minimum atomic E-state index is -0.776. The molecular formula is C33H27BrN2O4. The monoisotopic (exact) mass is 594 g/mol. The van der Waals surface area contributed by atoms with Gasteiger partial charge in [-0.05, 0) is 98.2 Å².